The number of aliphatic hydroxyl groups is 1. The average Bonchev–Trinajstić information content (AvgIpc) is 2.92. The van der Waals surface area contributed by atoms with Crippen LogP contribution in [0.4, 0.5) is 13.2 Å². The molecule has 1 heterocycles. The van der Waals surface area contributed by atoms with Crippen molar-refractivity contribution in [3.63, 3.8) is 0 Å². The van der Waals surface area contributed by atoms with Crippen LogP contribution in [-0.2, 0) is 6.54 Å². The van der Waals surface area contributed by atoms with E-state index in [4.69, 9.17) is 5.11 Å². The van der Waals surface area contributed by atoms with Crippen molar-refractivity contribution >= 4 is 11.3 Å². The Morgan fingerprint density at radius 3 is 2.40 bits per heavy atom. The van der Waals surface area contributed by atoms with E-state index in [0.717, 1.165) is 16.0 Å². The normalized spacial score (nSPS) is 13.4. The lowest BCUT2D eigenvalue weighted by Crippen LogP contribution is -2.38. The molecule has 0 amide bonds. The minimum Gasteiger partial charge on any atom is -0.382 e. The van der Waals surface area contributed by atoms with Crippen LogP contribution in [0, 0.1) is 0 Å². The van der Waals surface area contributed by atoms with Crippen LogP contribution in [0.5, 0.6) is 0 Å². The van der Waals surface area contributed by atoms with Gasteiger partial charge in [-0.1, -0.05) is 30.3 Å². The van der Waals surface area contributed by atoms with Crippen molar-refractivity contribution in [2.75, 3.05) is 6.54 Å². The Labute approximate surface area is 118 Å². The second-order valence-corrected chi connectivity index (χ2v) is 5.31. The van der Waals surface area contributed by atoms with E-state index in [1.165, 1.54) is 0 Å². The Morgan fingerprint density at radius 1 is 1.15 bits per heavy atom. The summed E-state index contributed by atoms with van der Waals surface area (Å²) in [5.41, 5.74) is 1.96. The number of nitrogens with one attached hydrogen (secondary N) is 1. The van der Waals surface area contributed by atoms with Gasteiger partial charge in [-0.15, -0.1) is 11.3 Å². The molecule has 0 saturated carbocycles. The Hall–Kier alpha value is -1.37. The molecule has 0 saturated heterocycles. The fourth-order valence-corrected chi connectivity index (χ4v) is 2.43. The van der Waals surface area contributed by atoms with E-state index < -0.39 is 18.8 Å². The molecule has 2 nitrogen and oxygen atoms in total. The fraction of sp³-hybridized carbons (Fsp3) is 0.286. The molecule has 108 valence electrons. The van der Waals surface area contributed by atoms with Crippen molar-refractivity contribution in [1.82, 2.24) is 5.32 Å². The molecular formula is C14H14F3NOS. The summed E-state index contributed by atoms with van der Waals surface area (Å²) in [4.78, 5) is 1.15. The molecule has 20 heavy (non-hydrogen) atoms. The summed E-state index contributed by atoms with van der Waals surface area (Å²) in [6.45, 7) is -0.214. The van der Waals surface area contributed by atoms with Gasteiger partial charge in [0.25, 0.3) is 0 Å². The molecule has 0 bridgehead atoms. The first-order valence-electron chi connectivity index (χ1n) is 6.05. The Kier molecular flexibility index (Phi) is 4.80. The monoisotopic (exact) mass is 301 g/mol. The quantitative estimate of drug-likeness (QED) is 0.887. The van der Waals surface area contributed by atoms with Gasteiger partial charge in [-0.05, 0) is 22.6 Å². The van der Waals surface area contributed by atoms with Crippen LogP contribution in [-0.4, -0.2) is 23.9 Å². The molecule has 0 radical (unpaired) electrons. The predicted molar refractivity (Wildman–Crippen MR) is 73.5 cm³/mol. The first-order valence-corrected chi connectivity index (χ1v) is 6.93. The summed E-state index contributed by atoms with van der Waals surface area (Å²) in [6, 6.07) is 11.6. The molecule has 6 heteroatoms. The first kappa shape index (κ1) is 15.0. The van der Waals surface area contributed by atoms with Crippen molar-refractivity contribution in [1.29, 1.82) is 0 Å². The summed E-state index contributed by atoms with van der Waals surface area (Å²) >= 11 is 1.63. The Balaban J connectivity index is 1.86. The van der Waals surface area contributed by atoms with Crippen LogP contribution in [0.25, 0.3) is 10.4 Å². The van der Waals surface area contributed by atoms with E-state index in [9.17, 15) is 13.2 Å². The second-order valence-electron chi connectivity index (χ2n) is 4.36. The lowest BCUT2D eigenvalue weighted by Gasteiger charge is -2.15. The number of thiophene rings is 1. The fourth-order valence-electron chi connectivity index (χ4n) is 1.70. The summed E-state index contributed by atoms with van der Waals surface area (Å²) in [7, 11) is 0. The maximum Gasteiger partial charge on any atom is 0.415 e. The Bertz CT molecular complexity index is 522. The zero-order valence-corrected chi connectivity index (χ0v) is 11.3. The van der Waals surface area contributed by atoms with Crippen LogP contribution in [0.1, 0.15) is 5.56 Å². The standard InChI is InChI=1S/C14H14F3NOS/c15-14(16,17)13(19)9-18-8-10-3-5-11(6-4-10)12-2-1-7-20-12/h1-7,13,18-19H,8-9H2/t13-/m0/s1. The van der Waals surface area contributed by atoms with Crippen LogP contribution >= 0.6 is 11.3 Å². The van der Waals surface area contributed by atoms with Crippen LogP contribution < -0.4 is 5.32 Å². The average molecular weight is 301 g/mol. The summed E-state index contributed by atoms with van der Waals surface area (Å²) in [5.74, 6) is 0. The smallest absolute Gasteiger partial charge is 0.382 e. The molecular weight excluding hydrogens is 287 g/mol. The lowest BCUT2D eigenvalue weighted by atomic mass is 10.1. The number of hydrogen-bond donors (Lipinski definition) is 2. The first-order chi connectivity index (χ1) is 9.47. The molecule has 1 aromatic heterocycles. The van der Waals surface area contributed by atoms with Crippen molar-refractivity contribution in [3.8, 4) is 10.4 Å². The number of benzene rings is 1. The number of alkyl halides is 3. The third kappa shape index (κ3) is 4.06. The molecule has 0 aliphatic carbocycles. The van der Waals surface area contributed by atoms with Gasteiger partial charge >= 0.3 is 6.18 Å². The molecule has 1 atom stereocenters. The highest BCUT2D eigenvalue weighted by atomic mass is 32.1. The Morgan fingerprint density at radius 2 is 1.85 bits per heavy atom. The maximum absolute atomic E-state index is 12.1. The number of hydrogen-bond acceptors (Lipinski definition) is 3. The van der Waals surface area contributed by atoms with Crippen LogP contribution in [0.15, 0.2) is 41.8 Å². The van der Waals surface area contributed by atoms with E-state index in [1.807, 2.05) is 41.8 Å². The van der Waals surface area contributed by atoms with Gasteiger partial charge in [-0.3, -0.25) is 0 Å². The van der Waals surface area contributed by atoms with E-state index in [0.29, 0.717) is 0 Å². The van der Waals surface area contributed by atoms with Crippen LogP contribution in [0.2, 0.25) is 0 Å². The molecule has 2 rings (SSSR count). The van der Waals surface area contributed by atoms with Crippen molar-refractivity contribution in [2.24, 2.45) is 0 Å². The lowest BCUT2D eigenvalue weighted by molar-refractivity contribution is -0.201. The molecule has 0 spiro atoms. The van der Waals surface area contributed by atoms with Crippen molar-refractivity contribution in [2.45, 2.75) is 18.8 Å². The summed E-state index contributed by atoms with van der Waals surface area (Å²) in [6.07, 6.45) is -6.90. The number of rotatable bonds is 5. The number of halogens is 3. The number of aliphatic hydroxyl groups excluding tert-OH is 1. The molecule has 0 fully saturated rings. The summed E-state index contributed by atoms with van der Waals surface area (Å²) in [5, 5.41) is 13.4. The molecule has 0 unspecified atom stereocenters. The molecule has 0 aliphatic heterocycles. The van der Waals surface area contributed by atoms with E-state index >= 15 is 0 Å². The topological polar surface area (TPSA) is 32.3 Å². The zero-order chi connectivity index (χ0) is 14.6. The van der Waals surface area contributed by atoms with Gasteiger partial charge in [-0.2, -0.15) is 13.2 Å². The van der Waals surface area contributed by atoms with E-state index in [2.05, 4.69) is 5.32 Å². The highest BCUT2D eigenvalue weighted by Gasteiger charge is 2.37. The third-order valence-electron chi connectivity index (χ3n) is 2.80. The third-order valence-corrected chi connectivity index (χ3v) is 3.72. The highest BCUT2D eigenvalue weighted by molar-refractivity contribution is 7.13. The van der Waals surface area contributed by atoms with E-state index in [-0.39, 0.29) is 6.54 Å². The van der Waals surface area contributed by atoms with Gasteiger partial charge in [0.2, 0.25) is 0 Å². The largest absolute Gasteiger partial charge is 0.415 e. The van der Waals surface area contributed by atoms with Gasteiger partial charge in [0.1, 0.15) is 0 Å². The van der Waals surface area contributed by atoms with Gasteiger partial charge < -0.3 is 10.4 Å². The van der Waals surface area contributed by atoms with Gasteiger partial charge in [0.05, 0.1) is 0 Å². The van der Waals surface area contributed by atoms with E-state index in [1.54, 1.807) is 11.3 Å². The minimum atomic E-state index is -4.57. The van der Waals surface area contributed by atoms with Crippen LogP contribution in [0.3, 0.4) is 0 Å². The minimum absolute atomic E-state index is 0.290. The zero-order valence-electron chi connectivity index (χ0n) is 10.5. The van der Waals surface area contributed by atoms with Gasteiger partial charge in [-0.25, -0.2) is 0 Å². The maximum atomic E-state index is 12.1. The van der Waals surface area contributed by atoms with Crippen molar-refractivity contribution < 1.29 is 18.3 Å². The van der Waals surface area contributed by atoms with Crippen molar-refractivity contribution in [3.05, 3.63) is 47.3 Å². The SMILES string of the molecule is O[C@@H](CNCc1ccc(-c2cccs2)cc1)C(F)(F)F. The summed E-state index contributed by atoms with van der Waals surface area (Å²) < 4.78 is 36.3. The van der Waals surface area contributed by atoms with Gasteiger partial charge in [0, 0.05) is 18.0 Å². The second kappa shape index (κ2) is 6.39. The molecule has 2 aromatic rings. The molecule has 2 N–H and O–H groups in total. The molecule has 1 aromatic carbocycles. The molecule has 0 aliphatic rings. The van der Waals surface area contributed by atoms with Gasteiger partial charge in [0.15, 0.2) is 6.10 Å². The predicted octanol–water partition coefficient (Wildman–Crippen LogP) is 3.43. The highest BCUT2D eigenvalue weighted by Crippen LogP contribution is 2.24.